The molecule has 1 amide bonds. The number of likely N-dealkylation sites (tertiary alicyclic amines) is 1. The minimum absolute atomic E-state index is 0. The molecular weight excluding hydrogens is 352 g/mol. The van der Waals surface area contributed by atoms with E-state index in [1.807, 2.05) is 40.9 Å². The molecule has 2 N–H and O–H groups in total. The van der Waals surface area contributed by atoms with Crippen molar-refractivity contribution in [3.63, 3.8) is 0 Å². The van der Waals surface area contributed by atoms with E-state index in [4.69, 9.17) is 5.73 Å². The lowest BCUT2D eigenvalue weighted by atomic mass is 9.94. The average molecular weight is 375 g/mol. The Kier molecular flexibility index (Phi) is 5.72. The van der Waals surface area contributed by atoms with Gasteiger partial charge >= 0.3 is 0 Å². The van der Waals surface area contributed by atoms with Crippen LogP contribution in [0.15, 0.2) is 59.5 Å². The van der Waals surface area contributed by atoms with E-state index in [1.54, 1.807) is 0 Å². The Hall–Kier alpha value is -1.49. The second-order valence-corrected chi connectivity index (χ2v) is 7.79. The first kappa shape index (κ1) is 18.3. The van der Waals surface area contributed by atoms with Crippen molar-refractivity contribution in [2.24, 2.45) is 5.73 Å². The van der Waals surface area contributed by atoms with E-state index in [9.17, 15) is 4.79 Å². The van der Waals surface area contributed by atoms with Gasteiger partial charge in [-0.15, -0.1) is 24.2 Å². The number of hydrogen-bond acceptors (Lipinski definition) is 3. The first-order valence-corrected chi connectivity index (χ1v) is 9.53. The van der Waals surface area contributed by atoms with Gasteiger partial charge in [0.15, 0.2) is 0 Å². The zero-order valence-electron chi connectivity index (χ0n) is 14.0. The van der Waals surface area contributed by atoms with Crippen molar-refractivity contribution in [1.29, 1.82) is 0 Å². The van der Waals surface area contributed by atoms with E-state index in [2.05, 4.69) is 30.3 Å². The maximum atomic E-state index is 13.1. The van der Waals surface area contributed by atoms with Crippen LogP contribution in [0, 0.1) is 0 Å². The molecular formula is C20H23ClN2OS. The quantitative estimate of drug-likeness (QED) is 0.872. The molecule has 0 spiro atoms. The van der Waals surface area contributed by atoms with Crippen molar-refractivity contribution in [1.82, 2.24) is 4.90 Å². The number of hydrogen-bond donors (Lipinski definition) is 1. The molecule has 0 aromatic heterocycles. The number of amides is 1. The molecule has 2 aliphatic rings. The van der Waals surface area contributed by atoms with Gasteiger partial charge in [0.2, 0.25) is 5.91 Å². The summed E-state index contributed by atoms with van der Waals surface area (Å²) >= 11 is 1.85. The summed E-state index contributed by atoms with van der Waals surface area (Å²) in [6.07, 6.45) is 0.919. The molecule has 4 rings (SSSR count). The molecule has 5 heteroatoms. The van der Waals surface area contributed by atoms with Gasteiger partial charge in [-0.25, -0.2) is 0 Å². The molecule has 1 saturated heterocycles. The molecule has 25 heavy (non-hydrogen) atoms. The van der Waals surface area contributed by atoms with Gasteiger partial charge in [-0.3, -0.25) is 4.79 Å². The number of halogens is 1. The van der Waals surface area contributed by atoms with Crippen molar-refractivity contribution in [3.05, 3.63) is 65.7 Å². The first-order chi connectivity index (χ1) is 11.7. The number of carbonyl (C=O) groups excluding carboxylic acids is 1. The van der Waals surface area contributed by atoms with E-state index in [1.165, 1.54) is 16.0 Å². The summed E-state index contributed by atoms with van der Waals surface area (Å²) in [4.78, 5) is 16.4. The highest BCUT2D eigenvalue weighted by molar-refractivity contribution is 7.99. The Labute approximate surface area is 159 Å². The fraction of sp³-hybridized carbons (Fsp3) is 0.350. The van der Waals surface area contributed by atoms with E-state index < -0.39 is 0 Å². The normalized spacial score (nSPS) is 25.2. The molecule has 0 bridgehead atoms. The fourth-order valence-corrected chi connectivity index (χ4v) is 5.01. The van der Waals surface area contributed by atoms with Crippen LogP contribution in [0.2, 0.25) is 0 Å². The average Bonchev–Trinajstić information content (AvgIpc) is 3.03. The summed E-state index contributed by atoms with van der Waals surface area (Å²) in [5.74, 6) is 1.49. The van der Waals surface area contributed by atoms with Gasteiger partial charge in [-0.05, 0) is 29.4 Å². The predicted molar refractivity (Wildman–Crippen MR) is 106 cm³/mol. The van der Waals surface area contributed by atoms with Crippen molar-refractivity contribution >= 4 is 30.1 Å². The number of nitrogens with two attached hydrogens (primary N) is 1. The van der Waals surface area contributed by atoms with Crippen LogP contribution < -0.4 is 5.73 Å². The smallest absolute Gasteiger partial charge is 0.230 e. The van der Waals surface area contributed by atoms with Crippen LogP contribution in [0.25, 0.3) is 0 Å². The second kappa shape index (κ2) is 7.81. The van der Waals surface area contributed by atoms with Gasteiger partial charge in [0, 0.05) is 29.9 Å². The summed E-state index contributed by atoms with van der Waals surface area (Å²) in [6.45, 7) is 1.39. The van der Waals surface area contributed by atoms with E-state index in [-0.39, 0.29) is 36.2 Å². The summed E-state index contributed by atoms with van der Waals surface area (Å²) in [5.41, 5.74) is 8.79. The number of thioether (sulfide) groups is 1. The third-order valence-corrected chi connectivity index (χ3v) is 6.28. The van der Waals surface area contributed by atoms with Crippen LogP contribution in [-0.2, 0) is 4.79 Å². The molecule has 132 valence electrons. The minimum Gasteiger partial charge on any atom is -0.340 e. The van der Waals surface area contributed by atoms with Gasteiger partial charge in [-0.1, -0.05) is 48.5 Å². The van der Waals surface area contributed by atoms with E-state index in [0.717, 1.165) is 18.7 Å². The maximum Gasteiger partial charge on any atom is 0.230 e. The largest absolute Gasteiger partial charge is 0.340 e. The topological polar surface area (TPSA) is 46.3 Å². The zero-order chi connectivity index (χ0) is 16.5. The summed E-state index contributed by atoms with van der Waals surface area (Å²) in [7, 11) is 0. The van der Waals surface area contributed by atoms with Crippen molar-refractivity contribution in [2.75, 3.05) is 18.8 Å². The Bertz CT molecular complexity index is 739. The maximum absolute atomic E-state index is 13.1. The van der Waals surface area contributed by atoms with Gasteiger partial charge < -0.3 is 10.6 Å². The Balaban J connectivity index is 0.00000182. The molecule has 3 nitrogen and oxygen atoms in total. The zero-order valence-corrected chi connectivity index (χ0v) is 15.6. The molecule has 0 aliphatic carbocycles. The highest BCUT2D eigenvalue weighted by atomic mass is 35.5. The molecule has 1 fully saturated rings. The Morgan fingerprint density at radius 1 is 1.04 bits per heavy atom. The highest BCUT2D eigenvalue weighted by Crippen LogP contribution is 2.39. The lowest BCUT2D eigenvalue weighted by molar-refractivity contribution is -0.132. The second-order valence-electron chi connectivity index (χ2n) is 6.65. The van der Waals surface area contributed by atoms with Crippen molar-refractivity contribution < 1.29 is 4.79 Å². The number of carbonyl (C=O) groups is 1. The summed E-state index contributed by atoms with van der Waals surface area (Å²) in [6, 6.07) is 18.7. The van der Waals surface area contributed by atoms with Crippen LogP contribution >= 0.6 is 24.2 Å². The van der Waals surface area contributed by atoms with Gasteiger partial charge in [0.1, 0.15) is 0 Å². The molecule has 2 aliphatic heterocycles. The van der Waals surface area contributed by atoms with Gasteiger partial charge in [0.25, 0.3) is 0 Å². The SMILES string of the molecule is Cl.N[C@@H]1CN(C(=O)C2CCSc3ccccc32)C[C@H]1c1ccccc1. The molecule has 0 saturated carbocycles. The van der Waals surface area contributed by atoms with Gasteiger partial charge in [0.05, 0.1) is 5.92 Å². The Morgan fingerprint density at radius 2 is 1.76 bits per heavy atom. The van der Waals surface area contributed by atoms with Crippen LogP contribution in [0.4, 0.5) is 0 Å². The number of fused-ring (bicyclic) bond motifs is 1. The summed E-state index contributed by atoms with van der Waals surface area (Å²) in [5, 5.41) is 0. The van der Waals surface area contributed by atoms with Crippen LogP contribution in [0.3, 0.4) is 0 Å². The fourth-order valence-electron chi connectivity index (χ4n) is 3.88. The molecule has 2 heterocycles. The number of rotatable bonds is 2. The molecule has 1 unspecified atom stereocenters. The lowest BCUT2D eigenvalue weighted by Crippen LogP contribution is -2.36. The van der Waals surface area contributed by atoms with Crippen molar-refractivity contribution in [3.8, 4) is 0 Å². The van der Waals surface area contributed by atoms with Crippen molar-refractivity contribution in [2.45, 2.75) is 29.2 Å². The minimum atomic E-state index is -0.0100. The van der Waals surface area contributed by atoms with Crippen LogP contribution in [-0.4, -0.2) is 35.7 Å². The third-order valence-electron chi connectivity index (χ3n) is 5.16. The van der Waals surface area contributed by atoms with Crippen LogP contribution in [0.1, 0.15) is 29.4 Å². The van der Waals surface area contributed by atoms with E-state index >= 15 is 0 Å². The predicted octanol–water partition coefficient (Wildman–Crippen LogP) is 3.64. The highest BCUT2D eigenvalue weighted by Gasteiger charge is 2.38. The number of benzene rings is 2. The van der Waals surface area contributed by atoms with E-state index in [0.29, 0.717) is 6.54 Å². The van der Waals surface area contributed by atoms with Crippen LogP contribution in [0.5, 0.6) is 0 Å². The molecule has 3 atom stereocenters. The molecule has 0 radical (unpaired) electrons. The molecule has 2 aromatic rings. The Morgan fingerprint density at radius 3 is 2.56 bits per heavy atom. The number of nitrogens with zero attached hydrogens (tertiary/aromatic N) is 1. The first-order valence-electron chi connectivity index (χ1n) is 8.55. The standard InChI is InChI=1S/C20H22N2OS.ClH/c21-18-13-22(12-17(18)14-6-2-1-3-7-14)20(23)16-10-11-24-19-9-5-4-8-15(16)19;/h1-9,16-18H,10-13,21H2;1H/t16?,17-,18+;/m0./s1. The van der Waals surface area contributed by atoms with Gasteiger partial charge in [-0.2, -0.15) is 0 Å². The summed E-state index contributed by atoms with van der Waals surface area (Å²) < 4.78 is 0. The monoisotopic (exact) mass is 374 g/mol. The third kappa shape index (κ3) is 3.57. The lowest BCUT2D eigenvalue weighted by Gasteiger charge is -2.28. The molecule has 2 aromatic carbocycles.